The van der Waals surface area contributed by atoms with Crippen molar-refractivity contribution in [3.8, 4) is 0 Å². The fraction of sp³-hybridized carbons (Fsp3) is 0.200. The normalized spacial score (nSPS) is 11.9. The van der Waals surface area contributed by atoms with E-state index in [2.05, 4.69) is 26.6 Å². The van der Waals surface area contributed by atoms with Gasteiger partial charge in [-0.2, -0.15) is 0 Å². The molecule has 0 bridgehead atoms. The molecule has 3 N–H and O–H groups in total. The predicted octanol–water partition coefficient (Wildman–Crippen LogP) is 3.59. The van der Waals surface area contributed by atoms with Crippen LogP contribution in [0.25, 0.3) is 10.8 Å². The second kappa shape index (κ2) is 6.58. The molecule has 1 unspecified atom stereocenters. The summed E-state index contributed by atoms with van der Waals surface area (Å²) in [7, 11) is 0. The van der Waals surface area contributed by atoms with Crippen LogP contribution in [0.1, 0.15) is 13.3 Å². The number of hydrogen-bond donors (Lipinski definition) is 3. The van der Waals surface area contributed by atoms with Gasteiger partial charge in [-0.15, -0.1) is 0 Å². The van der Waals surface area contributed by atoms with Crippen LogP contribution in [0, 0.1) is 0 Å². The molecule has 0 aliphatic rings. The van der Waals surface area contributed by atoms with E-state index in [1.165, 1.54) is 0 Å². The number of halogens is 1. The Morgan fingerprint density at radius 1 is 1.19 bits per heavy atom. The van der Waals surface area contributed by atoms with E-state index in [1.54, 1.807) is 13.0 Å². The number of fused-ring (bicyclic) bond motifs is 1. The molecule has 5 nitrogen and oxygen atoms in total. The Balaban J connectivity index is 2.15. The molecule has 110 valence electrons. The van der Waals surface area contributed by atoms with Crippen LogP contribution < -0.4 is 10.6 Å². The van der Waals surface area contributed by atoms with Gasteiger partial charge < -0.3 is 15.7 Å². The highest BCUT2D eigenvalue weighted by Gasteiger charge is 2.12. The number of carbonyl (C=O) groups excluding carboxylic acids is 1. The largest absolute Gasteiger partial charge is 0.481 e. The molecule has 0 aromatic heterocycles. The summed E-state index contributed by atoms with van der Waals surface area (Å²) < 4.78 is 0.948. The molecule has 0 aliphatic heterocycles. The lowest BCUT2D eigenvalue weighted by molar-refractivity contribution is -0.137. The Morgan fingerprint density at radius 3 is 2.52 bits per heavy atom. The number of urea groups is 1. The molecule has 0 heterocycles. The summed E-state index contributed by atoms with van der Waals surface area (Å²) in [6.07, 6.45) is -0.117. The number of anilines is 1. The molecular formula is C15H15BrN2O3. The molecule has 2 aromatic carbocycles. The van der Waals surface area contributed by atoms with Crippen LogP contribution in [0.2, 0.25) is 0 Å². The van der Waals surface area contributed by atoms with Gasteiger partial charge >= 0.3 is 12.0 Å². The van der Waals surface area contributed by atoms with Crippen molar-refractivity contribution in [2.24, 2.45) is 0 Å². The quantitative estimate of drug-likeness (QED) is 0.788. The first kappa shape index (κ1) is 15.3. The van der Waals surface area contributed by atoms with Crippen molar-refractivity contribution in [3.63, 3.8) is 0 Å². The summed E-state index contributed by atoms with van der Waals surface area (Å²) in [5, 5.41) is 15.9. The van der Waals surface area contributed by atoms with Gasteiger partial charge in [0.2, 0.25) is 0 Å². The first-order chi connectivity index (χ1) is 9.97. The standard InChI is InChI=1S/C15H15BrN2O3/c1-9(8-14(19)20)17-15(21)18-13-7-6-12(16)10-4-2-3-5-11(10)13/h2-7,9H,8H2,1H3,(H,19,20)(H2,17,18,21). The van der Waals surface area contributed by atoms with E-state index >= 15 is 0 Å². The van der Waals surface area contributed by atoms with Gasteiger partial charge in [0.25, 0.3) is 0 Å². The van der Waals surface area contributed by atoms with E-state index in [1.807, 2.05) is 30.3 Å². The van der Waals surface area contributed by atoms with E-state index < -0.39 is 18.0 Å². The first-order valence-corrected chi connectivity index (χ1v) is 7.23. The van der Waals surface area contributed by atoms with Gasteiger partial charge in [0, 0.05) is 15.9 Å². The van der Waals surface area contributed by atoms with Gasteiger partial charge in [-0.05, 0) is 24.4 Å². The number of carboxylic acid groups (broad SMARTS) is 1. The van der Waals surface area contributed by atoms with Crippen LogP contribution in [0.3, 0.4) is 0 Å². The monoisotopic (exact) mass is 350 g/mol. The summed E-state index contributed by atoms with van der Waals surface area (Å²) >= 11 is 3.47. The minimum absolute atomic E-state index is 0.117. The van der Waals surface area contributed by atoms with E-state index in [0.717, 1.165) is 15.2 Å². The number of rotatable bonds is 4. The zero-order valence-corrected chi connectivity index (χ0v) is 13.0. The van der Waals surface area contributed by atoms with E-state index in [9.17, 15) is 9.59 Å². The summed E-state index contributed by atoms with van der Waals surface area (Å²) in [6.45, 7) is 1.65. The zero-order chi connectivity index (χ0) is 15.4. The van der Waals surface area contributed by atoms with Crippen molar-refractivity contribution in [3.05, 3.63) is 40.9 Å². The van der Waals surface area contributed by atoms with E-state index in [0.29, 0.717) is 5.69 Å². The van der Waals surface area contributed by atoms with Gasteiger partial charge in [-0.25, -0.2) is 4.79 Å². The summed E-state index contributed by atoms with van der Waals surface area (Å²) in [4.78, 5) is 22.5. The third-order valence-electron chi connectivity index (χ3n) is 2.98. The minimum atomic E-state index is -0.947. The predicted molar refractivity (Wildman–Crippen MR) is 85.5 cm³/mol. The molecule has 0 saturated carbocycles. The number of benzene rings is 2. The van der Waals surface area contributed by atoms with E-state index in [4.69, 9.17) is 5.11 Å². The molecular weight excluding hydrogens is 336 g/mol. The van der Waals surface area contributed by atoms with Crippen LogP contribution >= 0.6 is 15.9 Å². The van der Waals surface area contributed by atoms with Crippen molar-refractivity contribution in [1.29, 1.82) is 0 Å². The number of carboxylic acids is 1. The second-order valence-electron chi connectivity index (χ2n) is 4.74. The minimum Gasteiger partial charge on any atom is -0.481 e. The molecule has 2 rings (SSSR count). The smallest absolute Gasteiger partial charge is 0.319 e. The van der Waals surface area contributed by atoms with Crippen LogP contribution in [-0.4, -0.2) is 23.1 Å². The SMILES string of the molecule is CC(CC(=O)O)NC(=O)Nc1ccc(Br)c2ccccc12. The molecule has 0 radical (unpaired) electrons. The highest BCUT2D eigenvalue weighted by atomic mass is 79.9. The van der Waals surface area contributed by atoms with Gasteiger partial charge in [0.15, 0.2) is 0 Å². The highest BCUT2D eigenvalue weighted by molar-refractivity contribution is 9.10. The van der Waals surface area contributed by atoms with Crippen molar-refractivity contribution in [1.82, 2.24) is 5.32 Å². The molecule has 2 aromatic rings. The highest BCUT2D eigenvalue weighted by Crippen LogP contribution is 2.29. The summed E-state index contributed by atoms with van der Waals surface area (Å²) in [6, 6.07) is 10.5. The molecule has 0 fully saturated rings. The Bertz CT molecular complexity index is 688. The molecule has 2 amide bonds. The topological polar surface area (TPSA) is 78.4 Å². The lowest BCUT2D eigenvalue weighted by Crippen LogP contribution is -2.37. The molecule has 0 aliphatic carbocycles. The average molecular weight is 351 g/mol. The van der Waals surface area contributed by atoms with Crippen LogP contribution in [-0.2, 0) is 4.79 Å². The van der Waals surface area contributed by atoms with Gasteiger partial charge in [-0.1, -0.05) is 40.2 Å². The number of carbonyl (C=O) groups is 2. The Morgan fingerprint density at radius 2 is 1.86 bits per heavy atom. The molecule has 6 heteroatoms. The van der Waals surface area contributed by atoms with Crippen LogP contribution in [0.5, 0.6) is 0 Å². The lowest BCUT2D eigenvalue weighted by Gasteiger charge is -2.14. The summed E-state index contributed by atoms with van der Waals surface area (Å²) in [5.74, 6) is -0.947. The maximum atomic E-state index is 11.9. The number of amides is 2. The third-order valence-corrected chi connectivity index (χ3v) is 3.67. The number of hydrogen-bond acceptors (Lipinski definition) is 2. The van der Waals surface area contributed by atoms with Gasteiger partial charge in [0.05, 0.1) is 12.1 Å². The Kier molecular flexibility index (Phi) is 4.80. The fourth-order valence-electron chi connectivity index (χ4n) is 2.07. The van der Waals surface area contributed by atoms with Crippen molar-refractivity contribution in [2.45, 2.75) is 19.4 Å². The van der Waals surface area contributed by atoms with Crippen molar-refractivity contribution >= 4 is 44.4 Å². The van der Waals surface area contributed by atoms with Gasteiger partial charge in [-0.3, -0.25) is 4.79 Å². The van der Waals surface area contributed by atoms with Crippen LogP contribution in [0.4, 0.5) is 10.5 Å². The second-order valence-corrected chi connectivity index (χ2v) is 5.59. The number of aliphatic carboxylic acids is 1. The molecule has 21 heavy (non-hydrogen) atoms. The van der Waals surface area contributed by atoms with Crippen LogP contribution in [0.15, 0.2) is 40.9 Å². The zero-order valence-electron chi connectivity index (χ0n) is 11.4. The molecule has 0 spiro atoms. The maximum absolute atomic E-state index is 11.9. The molecule has 0 saturated heterocycles. The van der Waals surface area contributed by atoms with Crippen molar-refractivity contribution in [2.75, 3.05) is 5.32 Å². The Labute approximate surface area is 130 Å². The summed E-state index contributed by atoms with van der Waals surface area (Å²) in [5.41, 5.74) is 0.675. The third kappa shape index (κ3) is 3.95. The molecule has 1 atom stereocenters. The Hall–Kier alpha value is -2.08. The number of nitrogens with one attached hydrogen (secondary N) is 2. The van der Waals surface area contributed by atoms with Gasteiger partial charge in [0.1, 0.15) is 0 Å². The first-order valence-electron chi connectivity index (χ1n) is 6.44. The maximum Gasteiger partial charge on any atom is 0.319 e. The van der Waals surface area contributed by atoms with E-state index in [-0.39, 0.29) is 6.42 Å². The lowest BCUT2D eigenvalue weighted by atomic mass is 10.1. The average Bonchev–Trinajstić information content (AvgIpc) is 2.41. The fourth-order valence-corrected chi connectivity index (χ4v) is 2.54. The van der Waals surface area contributed by atoms with Crippen molar-refractivity contribution < 1.29 is 14.7 Å².